The predicted octanol–water partition coefficient (Wildman–Crippen LogP) is 4.19. The number of aryl methyl sites for hydroxylation is 1. The molecule has 0 bridgehead atoms. The van der Waals surface area contributed by atoms with Crippen LogP contribution in [0, 0.1) is 6.92 Å². The van der Waals surface area contributed by atoms with Gasteiger partial charge in [-0.05, 0) is 59.0 Å². The SMILES string of the molecule is CNC(c1ccc(Br)s1)c1sccc1C. The molecule has 0 aromatic carbocycles. The van der Waals surface area contributed by atoms with Gasteiger partial charge in [0, 0.05) is 9.75 Å². The van der Waals surface area contributed by atoms with Crippen LogP contribution in [0.1, 0.15) is 21.4 Å². The van der Waals surface area contributed by atoms with E-state index >= 15 is 0 Å². The highest BCUT2D eigenvalue weighted by atomic mass is 79.9. The lowest BCUT2D eigenvalue weighted by Gasteiger charge is -2.13. The van der Waals surface area contributed by atoms with Gasteiger partial charge in [0.25, 0.3) is 0 Å². The molecule has 0 aliphatic rings. The number of halogens is 1. The topological polar surface area (TPSA) is 12.0 Å². The quantitative estimate of drug-likeness (QED) is 0.896. The summed E-state index contributed by atoms with van der Waals surface area (Å²) in [5.41, 5.74) is 1.36. The van der Waals surface area contributed by atoms with Gasteiger partial charge in [0.15, 0.2) is 0 Å². The monoisotopic (exact) mass is 301 g/mol. The molecule has 2 rings (SSSR count). The van der Waals surface area contributed by atoms with Gasteiger partial charge < -0.3 is 5.32 Å². The molecule has 0 saturated heterocycles. The molecule has 1 N–H and O–H groups in total. The van der Waals surface area contributed by atoms with Gasteiger partial charge in [0.2, 0.25) is 0 Å². The molecule has 2 aromatic heterocycles. The van der Waals surface area contributed by atoms with Crippen molar-refractivity contribution in [1.82, 2.24) is 5.32 Å². The van der Waals surface area contributed by atoms with E-state index in [0.29, 0.717) is 6.04 Å². The van der Waals surface area contributed by atoms with Crippen molar-refractivity contribution in [2.24, 2.45) is 0 Å². The van der Waals surface area contributed by atoms with Crippen molar-refractivity contribution in [2.75, 3.05) is 7.05 Å². The first-order valence-corrected chi connectivity index (χ1v) is 7.17. The zero-order chi connectivity index (χ0) is 10.8. The van der Waals surface area contributed by atoms with Crippen LogP contribution >= 0.6 is 38.6 Å². The molecule has 2 aromatic rings. The largest absolute Gasteiger partial charge is 0.308 e. The van der Waals surface area contributed by atoms with E-state index in [0.717, 1.165) is 0 Å². The van der Waals surface area contributed by atoms with E-state index in [1.807, 2.05) is 18.4 Å². The third-order valence-electron chi connectivity index (χ3n) is 2.33. The van der Waals surface area contributed by atoms with Crippen LogP contribution in [0.15, 0.2) is 27.4 Å². The minimum atomic E-state index is 0.335. The van der Waals surface area contributed by atoms with Crippen molar-refractivity contribution in [1.29, 1.82) is 0 Å². The summed E-state index contributed by atoms with van der Waals surface area (Å²) < 4.78 is 1.19. The van der Waals surface area contributed by atoms with Crippen molar-refractivity contribution in [3.05, 3.63) is 42.7 Å². The highest BCUT2D eigenvalue weighted by Crippen LogP contribution is 2.34. The first-order chi connectivity index (χ1) is 7.22. The Morgan fingerprint density at radius 3 is 2.60 bits per heavy atom. The van der Waals surface area contributed by atoms with Crippen LogP contribution < -0.4 is 5.32 Å². The molecule has 0 fully saturated rings. The average Bonchev–Trinajstić information content (AvgIpc) is 2.79. The van der Waals surface area contributed by atoms with Crippen LogP contribution in [0.2, 0.25) is 0 Å². The van der Waals surface area contributed by atoms with E-state index in [2.05, 4.69) is 51.7 Å². The lowest BCUT2D eigenvalue weighted by atomic mass is 10.1. The fourth-order valence-electron chi connectivity index (χ4n) is 1.57. The Morgan fingerprint density at radius 1 is 1.33 bits per heavy atom. The van der Waals surface area contributed by atoms with E-state index in [1.165, 1.54) is 19.1 Å². The number of rotatable bonds is 3. The van der Waals surface area contributed by atoms with E-state index in [-0.39, 0.29) is 0 Å². The van der Waals surface area contributed by atoms with Gasteiger partial charge in [-0.2, -0.15) is 0 Å². The summed E-state index contributed by atoms with van der Waals surface area (Å²) in [7, 11) is 2.01. The fourth-order valence-corrected chi connectivity index (χ4v) is 4.24. The van der Waals surface area contributed by atoms with Crippen LogP contribution in [0.4, 0.5) is 0 Å². The molecule has 0 radical (unpaired) electrons. The minimum Gasteiger partial charge on any atom is -0.308 e. The van der Waals surface area contributed by atoms with Gasteiger partial charge >= 0.3 is 0 Å². The number of nitrogens with one attached hydrogen (secondary N) is 1. The Hall–Kier alpha value is -0.160. The molecule has 0 saturated carbocycles. The number of thiophene rings is 2. The standard InChI is InChI=1S/C11H12BrNS2/c1-7-5-6-14-11(7)10(13-2)8-3-4-9(12)15-8/h3-6,10,13H,1-2H3. The second-order valence-electron chi connectivity index (χ2n) is 3.33. The summed E-state index contributed by atoms with van der Waals surface area (Å²) in [6.07, 6.45) is 0. The zero-order valence-corrected chi connectivity index (χ0v) is 11.8. The van der Waals surface area contributed by atoms with Crippen molar-refractivity contribution >= 4 is 38.6 Å². The molecule has 0 amide bonds. The molecule has 0 aliphatic carbocycles. The van der Waals surface area contributed by atoms with Gasteiger partial charge in [-0.25, -0.2) is 0 Å². The van der Waals surface area contributed by atoms with Gasteiger partial charge in [-0.15, -0.1) is 22.7 Å². The Bertz CT molecular complexity index is 447. The summed E-state index contributed by atoms with van der Waals surface area (Å²) in [6.45, 7) is 2.17. The molecular formula is C11H12BrNS2. The van der Waals surface area contributed by atoms with Crippen LogP contribution in [-0.4, -0.2) is 7.05 Å². The van der Waals surface area contributed by atoms with Crippen LogP contribution in [-0.2, 0) is 0 Å². The fraction of sp³-hybridized carbons (Fsp3) is 0.273. The zero-order valence-electron chi connectivity index (χ0n) is 8.58. The molecule has 1 atom stereocenters. The first-order valence-electron chi connectivity index (χ1n) is 4.69. The summed E-state index contributed by atoms with van der Waals surface area (Å²) in [6, 6.07) is 6.79. The van der Waals surface area contributed by atoms with Gasteiger partial charge in [-0.3, -0.25) is 0 Å². The second-order valence-corrected chi connectivity index (χ2v) is 6.77. The molecule has 2 heterocycles. The molecule has 0 aliphatic heterocycles. The maximum Gasteiger partial charge on any atom is 0.0765 e. The third-order valence-corrected chi connectivity index (χ3v) is 5.10. The molecule has 4 heteroatoms. The second kappa shape index (κ2) is 4.78. The molecule has 0 spiro atoms. The van der Waals surface area contributed by atoms with Gasteiger partial charge in [0.05, 0.1) is 9.83 Å². The number of hydrogen-bond donors (Lipinski definition) is 1. The molecule has 15 heavy (non-hydrogen) atoms. The summed E-state index contributed by atoms with van der Waals surface area (Å²) in [5, 5.41) is 5.53. The maximum absolute atomic E-state index is 3.51. The molecule has 1 nitrogen and oxygen atoms in total. The molecule has 80 valence electrons. The highest BCUT2D eigenvalue weighted by molar-refractivity contribution is 9.11. The Labute approximate surface area is 106 Å². The van der Waals surface area contributed by atoms with E-state index in [1.54, 1.807) is 11.3 Å². The van der Waals surface area contributed by atoms with E-state index in [4.69, 9.17) is 0 Å². The molecule has 1 unspecified atom stereocenters. The first kappa shape index (κ1) is 11.3. The maximum atomic E-state index is 3.51. The normalized spacial score (nSPS) is 13.0. The Kier molecular flexibility index (Phi) is 3.61. The Balaban J connectivity index is 2.36. The van der Waals surface area contributed by atoms with Crippen LogP contribution in [0.25, 0.3) is 0 Å². The van der Waals surface area contributed by atoms with Crippen molar-refractivity contribution in [3.8, 4) is 0 Å². The van der Waals surface area contributed by atoms with Crippen molar-refractivity contribution in [3.63, 3.8) is 0 Å². The minimum absolute atomic E-state index is 0.335. The Morgan fingerprint density at radius 2 is 2.13 bits per heavy atom. The van der Waals surface area contributed by atoms with Crippen molar-refractivity contribution in [2.45, 2.75) is 13.0 Å². The lowest BCUT2D eigenvalue weighted by Crippen LogP contribution is -2.15. The van der Waals surface area contributed by atoms with Crippen molar-refractivity contribution < 1.29 is 0 Å². The summed E-state index contributed by atoms with van der Waals surface area (Å²) in [4.78, 5) is 2.77. The summed E-state index contributed by atoms with van der Waals surface area (Å²) >= 11 is 7.11. The van der Waals surface area contributed by atoms with Gasteiger partial charge in [0.1, 0.15) is 0 Å². The highest BCUT2D eigenvalue weighted by Gasteiger charge is 2.16. The van der Waals surface area contributed by atoms with Crippen LogP contribution in [0.3, 0.4) is 0 Å². The van der Waals surface area contributed by atoms with E-state index < -0.39 is 0 Å². The average molecular weight is 302 g/mol. The lowest BCUT2D eigenvalue weighted by molar-refractivity contribution is 0.712. The predicted molar refractivity (Wildman–Crippen MR) is 72.0 cm³/mol. The van der Waals surface area contributed by atoms with Gasteiger partial charge in [-0.1, -0.05) is 0 Å². The van der Waals surface area contributed by atoms with Crippen LogP contribution in [0.5, 0.6) is 0 Å². The molecular weight excluding hydrogens is 290 g/mol. The number of hydrogen-bond acceptors (Lipinski definition) is 3. The third kappa shape index (κ3) is 2.33. The van der Waals surface area contributed by atoms with E-state index in [9.17, 15) is 0 Å². The summed E-state index contributed by atoms with van der Waals surface area (Å²) in [5.74, 6) is 0. The smallest absolute Gasteiger partial charge is 0.0765 e.